The number of nitrogens with zero attached hydrogens (tertiary/aromatic N) is 2. The lowest BCUT2D eigenvalue weighted by Gasteiger charge is -2.28. The molecule has 0 spiro atoms. The van der Waals surface area contributed by atoms with Crippen LogP contribution in [-0.2, 0) is 4.74 Å². The monoisotopic (exact) mass is 251 g/mol. The molecule has 18 heavy (non-hydrogen) atoms. The van der Waals surface area contributed by atoms with E-state index in [0.29, 0.717) is 12.4 Å². The molecule has 0 radical (unpaired) electrons. The third-order valence-corrected chi connectivity index (χ3v) is 3.04. The average Bonchev–Trinajstić information content (AvgIpc) is 2.28. The molecular formula is C12H17N3O3. The Hall–Kier alpha value is -1.69. The van der Waals surface area contributed by atoms with Crippen LogP contribution < -0.4 is 5.32 Å². The van der Waals surface area contributed by atoms with Gasteiger partial charge in [0.15, 0.2) is 0 Å². The van der Waals surface area contributed by atoms with Crippen molar-refractivity contribution in [2.24, 2.45) is 0 Å². The Morgan fingerprint density at radius 1 is 1.56 bits per heavy atom. The zero-order valence-electron chi connectivity index (χ0n) is 10.5. The number of aryl methyl sites for hydroxylation is 1. The summed E-state index contributed by atoms with van der Waals surface area (Å²) in [6, 6.07) is 3.32. The minimum absolute atomic E-state index is 0.0275. The first-order valence-electron chi connectivity index (χ1n) is 6.06. The fourth-order valence-corrected chi connectivity index (χ4v) is 2.13. The predicted octanol–water partition coefficient (Wildman–Crippen LogP) is 2.28. The van der Waals surface area contributed by atoms with Gasteiger partial charge in [0.1, 0.15) is 0 Å². The lowest BCUT2D eigenvalue weighted by atomic mass is 10.0. The number of nitrogens with one attached hydrogen (secondary N) is 1. The number of aromatic nitrogens is 1. The summed E-state index contributed by atoms with van der Waals surface area (Å²) >= 11 is 0. The van der Waals surface area contributed by atoms with Crippen molar-refractivity contribution in [2.45, 2.75) is 38.8 Å². The second-order valence-electron chi connectivity index (χ2n) is 4.62. The normalized spacial score (nSPS) is 23.7. The molecule has 98 valence electrons. The largest absolute Gasteiger partial charge is 0.378 e. The van der Waals surface area contributed by atoms with Gasteiger partial charge in [-0.15, -0.1) is 0 Å². The van der Waals surface area contributed by atoms with Crippen LogP contribution in [0.5, 0.6) is 0 Å². The van der Waals surface area contributed by atoms with Crippen molar-refractivity contribution in [1.82, 2.24) is 4.98 Å². The van der Waals surface area contributed by atoms with Crippen LogP contribution in [0.2, 0.25) is 0 Å². The van der Waals surface area contributed by atoms with Gasteiger partial charge in [-0.3, -0.25) is 10.1 Å². The predicted molar refractivity (Wildman–Crippen MR) is 67.7 cm³/mol. The van der Waals surface area contributed by atoms with Gasteiger partial charge in [0.05, 0.1) is 11.0 Å². The maximum atomic E-state index is 10.9. The van der Waals surface area contributed by atoms with E-state index in [0.717, 1.165) is 18.5 Å². The Bertz CT molecular complexity index is 450. The lowest BCUT2D eigenvalue weighted by Crippen LogP contribution is -2.33. The molecule has 0 bridgehead atoms. The first-order chi connectivity index (χ1) is 8.56. The SMILES string of the molecule is Cc1ccc([N+](=O)[O-])c(NC2CCOC(C)C2)n1. The summed E-state index contributed by atoms with van der Waals surface area (Å²) in [6.45, 7) is 4.51. The third-order valence-electron chi connectivity index (χ3n) is 3.04. The number of anilines is 1. The summed E-state index contributed by atoms with van der Waals surface area (Å²) in [6.07, 6.45) is 1.87. The molecule has 1 aliphatic heterocycles. The molecule has 2 unspecified atom stereocenters. The van der Waals surface area contributed by atoms with Gasteiger partial charge in [-0.25, -0.2) is 4.98 Å². The van der Waals surface area contributed by atoms with Gasteiger partial charge in [0.2, 0.25) is 5.82 Å². The summed E-state index contributed by atoms with van der Waals surface area (Å²) in [4.78, 5) is 14.8. The van der Waals surface area contributed by atoms with Crippen LogP contribution in [0.15, 0.2) is 12.1 Å². The summed E-state index contributed by atoms with van der Waals surface area (Å²) in [5.74, 6) is 0.360. The van der Waals surface area contributed by atoms with E-state index < -0.39 is 4.92 Å². The number of pyridine rings is 1. The van der Waals surface area contributed by atoms with Gasteiger partial charge in [0, 0.05) is 24.4 Å². The van der Waals surface area contributed by atoms with E-state index >= 15 is 0 Å². The van der Waals surface area contributed by atoms with Gasteiger partial charge in [-0.1, -0.05) is 0 Å². The van der Waals surface area contributed by atoms with Crippen LogP contribution >= 0.6 is 0 Å². The average molecular weight is 251 g/mol. The zero-order valence-corrected chi connectivity index (χ0v) is 10.5. The third kappa shape index (κ3) is 2.95. The molecule has 1 N–H and O–H groups in total. The van der Waals surface area contributed by atoms with E-state index in [2.05, 4.69) is 10.3 Å². The molecule has 1 fully saturated rings. The maximum Gasteiger partial charge on any atom is 0.311 e. The molecule has 6 heteroatoms. The number of ether oxygens (including phenoxy) is 1. The van der Waals surface area contributed by atoms with Crippen LogP contribution in [0, 0.1) is 17.0 Å². The van der Waals surface area contributed by atoms with E-state index in [-0.39, 0.29) is 17.8 Å². The van der Waals surface area contributed by atoms with E-state index in [9.17, 15) is 10.1 Å². The molecule has 0 amide bonds. The molecule has 0 aliphatic carbocycles. The topological polar surface area (TPSA) is 77.3 Å². The number of hydrogen-bond donors (Lipinski definition) is 1. The minimum atomic E-state index is -0.405. The van der Waals surface area contributed by atoms with Gasteiger partial charge < -0.3 is 10.1 Å². The van der Waals surface area contributed by atoms with Crippen LogP contribution in [-0.4, -0.2) is 28.7 Å². The second kappa shape index (κ2) is 5.30. The Kier molecular flexibility index (Phi) is 3.76. The molecular weight excluding hydrogens is 234 g/mol. The Morgan fingerprint density at radius 2 is 2.33 bits per heavy atom. The van der Waals surface area contributed by atoms with Crippen molar-refractivity contribution in [3.05, 3.63) is 27.9 Å². The first kappa shape index (κ1) is 12.8. The van der Waals surface area contributed by atoms with Crippen LogP contribution in [0.4, 0.5) is 11.5 Å². The number of nitro groups is 1. The van der Waals surface area contributed by atoms with Crippen molar-refractivity contribution in [2.75, 3.05) is 11.9 Å². The van der Waals surface area contributed by atoms with Crippen LogP contribution in [0.1, 0.15) is 25.5 Å². The van der Waals surface area contributed by atoms with Crippen LogP contribution in [0.25, 0.3) is 0 Å². The standard InChI is InChI=1S/C12H17N3O3/c1-8-3-4-11(15(16)17)12(13-8)14-10-5-6-18-9(2)7-10/h3-4,9-10H,5-7H2,1-2H3,(H,13,14). The molecule has 6 nitrogen and oxygen atoms in total. The maximum absolute atomic E-state index is 10.9. The van der Waals surface area contributed by atoms with Crippen molar-refractivity contribution in [3.8, 4) is 0 Å². The Labute approximate surface area is 106 Å². The smallest absolute Gasteiger partial charge is 0.311 e. The molecule has 1 aromatic rings. The van der Waals surface area contributed by atoms with E-state index in [1.165, 1.54) is 6.07 Å². The highest BCUT2D eigenvalue weighted by atomic mass is 16.6. The Balaban J connectivity index is 2.16. The van der Waals surface area contributed by atoms with E-state index in [1.807, 2.05) is 13.8 Å². The zero-order chi connectivity index (χ0) is 13.1. The van der Waals surface area contributed by atoms with Gasteiger partial charge in [0.25, 0.3) is 0 Å². The first-order valence-corrected chi connectivity index (χ1v) is 6.06. The fraction of sp³-hybridized carbons (Fsp3) is 0.583. The number of hydrogen-bond acceptors (Lipinski definition) is 5. The molecule has 2 heterocycles. The van der Waals surface area contributed by atoms with Crippen molar-refractivity contribution in [3.63, 3.8) is 0 Å². The number of rotatable bonds is 3. The second-order valence-corrected chi connectivity index (χ2v) is 4.62. The quantitative estimate of drug-likeness (QED) is 0.658. The molecule has 0 aromatic carbocycles. The lowest BCUT2D eigenvalue weighted by molar-refractivity contribution is -0.384. The highest BCUT2D eigenvalue weighted by Gasteiger charge is 2.23. The summed E-state index contributed by atoms with van der Waals surface area (Å²) in [5, 5.41) is 14.1. The highest BCUT2D eigenvalue weighted by Crippen LogP contribution is 2.25. The van der Waals surface area contributed by atoms with Gasteiger partial charge in [-0.2, -0.15) is 0 Å². The van der Waals surface area contributed by atoms with Gasteiger partial charge >= 0.3 is 5.69 Å². The van der Waals surface area contributed by atoms with Crippen molar-refractivity contribution < 1.29 is 9.66 Å². The van der Waals surface area contributed by atoms with Crippen molar-refractivity contribution >= 4 is 11.5 Å². The molecule has 1 aromatic heterocycles. The van der Waals surface area contributed by atoms with E-state index in [4.69, 9.17) is 4.74 Å². The molecule has 2 atom stereocenters. The van der Waals surface area contributed by atoms with Crippen molar-refractivity contribution in [1.29, 1.82) is 0 Å². The summed E-state index contributed by atoms with van der Waals surface area (Å²) in [5.41, 5.74) is 0.794. The summed E-state index contributed by atoms with van der Waals surface area (Å²) < 4.78 is 5.45. The molecule has 1 aliphatic rings. The van der Waals surface area contributed by atoms with Gasteiger partial charge in [-0.05, 0) is 32.8 Å². The van der Waals surface area contributed by atoms with Crippen LogP contribution in [0.3, 0.4) is 0 Å². The molecule has 1 saturated heterocycles. The Morgan fingerprint density at radius 3 is 3.00 bits per heavy atom. The minimum Gasteiger partial charge on any atom is -0.378 e. The summed E-state index contributed by atoms with van der Waals surface area (Å²) in [7, 11) is 0. The molecule has 2 rings (SSSR count). The fourth-order valence-electron chi connectivity index (χ4n) is 2.13. The molecule has 0 saturated carbocycles. The highest BCUT2D eigenvalue weighted by molar-refractivity contribution is 5.56. The van der Waals surface area contributed by atoms with E-state index in [1.54, 1.807) is 6.07 Å².